The quantitative estimate of drug-likeness (QED) is 0.0928. The molecule has 1 amide bonds. The van der Waals surface area contributed by atoms with Crippen LogP contribution in [0.4, 0.5) is 5.69 Å². The number of carboxylic acid groups (broad SMARTS) is 1. The van der Waals surface area contributed by atoms with Crippen molar-refractivity contribution in [1.82, 2.24) is 14.9 Å². The fourth-order valence-corrected chi connectivity index (χ4v) is 10.8. The molecule has 1 saturated carbocycles. The minimum Gasteiger partial charge on any atom is -0.494 e. The highest BCUT2D eigenvalue weighted by molar-refractivity contribution is 6.30. The fourth-order valence-electron chi connectivity index (χ4n) is 10.6. The third-order valence-electron chi connectivity index (χ3n) is 14.0. The Balaban J connectivity index is 0.934. The number of pyridine rings is 2. The average Bonchev–Trinajstić information content (AvgIpc) is 3.58. The summed E-state index contributed by atoms with van der Waals surface area (Å²) in [6.07, 6.45) is 13.6. The number of aryl methyl sites for hydroxylation is 1. The zero-order valence-corrected chi connectivity index (χ0v) is 37.9. The fraction of sp³-hybridized carbons (Fsp3) is 0.415. The molecule has 1 fully saturated rings. The van der Waals surface area contributed by atoms with Crippen molar-refractivity contribution in [2.45, 2.75) is 108 Å². The number of amides is 1. The first-order valence-corrected chi connectivity index (χ1v) is 23.2. The zero-order chi connectivity index (χ0) is 44.8. The van der Waals surface area contributed by atoms with E-state index in [1.807, 2.05) is 67.8 Å². The van der Waals surface area contributed by atoms with Gasteiger partial charge in [-0.3, -0.25) is 14.8 Å². The molecule has 0 radical (unpaired) electrons. The highest BCUT2D eigenvalue weighted by Crippen LogP contribution is 2.57. The van der Waals surface area contributed by atoms with Gasteiger partial charge in [-0.2, -0.15) is 5.26 Å². The lowest BCUT2D eigenvalue weighted by Crippen LogP contribution is -2.53. The molecule has 3 atom stereocenters. The summed E-state index contributed by atoms with van der Waals surface area (Å²) in [5.41, 5.74) is 7.64. The van der Waals surface area contributed by atoms with Gasteiger partial charge in [-0.25, -0.2) is 4.79 Å². The van der Waals surface area contributed by atoms with Crippen LogP contribution in [-0.4, -0.2) is 57.7 Å². The molecule has 0 aliphatic heterocycles. The number of fused-ring (bicyclic) bond motifs is 3. The molecule has 2 aromatic heterocycles. The molecule has 3 aliphatic carbocycles. The van der Waals surface area contributed by atoms with Crippen LogP contribution in [0.3, 0.4) is 0 Å². The molecule has 0 bridgehead atoms. The zero-order valence-electron chi connectivity index (χ0n) is 37.1. The van der Waals surface area contributed by atoms with Crippen molar-refractivity contribution in [2.75, 3.05) is 25.6 Å². The normalized spacial score (nSPS) is 21.5. The van der Waals surface area contributed by atoms with E-state index in [1.165, 1.54) is 22.4 Å². The molecular weight excluding hydrogens is 822 g/mol. The Morgan fingerprint density at radius 2 is 1.84 bits per heavy atom. The van der Waals surface area contributed by atoms with E-state index in [1.54, 1.807) is 29.4 Å². The average molecular weight is 881 g/mol. The number of nitrogens with zero attached hydrogens (tertiary/aromatic N) is 4. The number of anilines is 1. The van der Waals surface area contributed by atoms with Crippen molar-refractivity contribution in [1.29, 1.82) is 5.26 Å². The number of carbonyl (C=O) groups is 2. The predicted octanol–water partition coefficient (Wildman–Crippen LogP) is 11.0. The number of hydrogen-bond acceptors (Lipinski definition) is 8. The smallest absolute Gasteiger partial charge is 0.329 e. The topological polar surface area (TPSA) is 138 Å². The number of aliphatic carboxylic acids is 1. The van der Waals surface area contributed by atoms with Crippen LogP contribution in [0.5, 0.6) is 11.5 Å². The van der Waals surface area contributed by atoms with Gasteiger partial charge in [0.15, 0.2) is 0 Å². The van der Waals surface area contributed by atoms with Crippen LogP contribution < -0.4 is 14.8 Å². The summed E-state index contributed by atoms with van der Waals surface area (Å²) >= 11 is 6.33. The molecule has 64 heavy (non-hydrogen) atoms. The summed E-state index contributed by atoms with van der Waals surface area (Å²) in [5.74, 6) is 1.91. The molecule has 0 saturated heterocycles. The van der Waals surface area contributed by atoms with Gasteiger partial charge in [-0.05, 0) is 158 Å². The van der Waals surface area contributed by atoms with Crippen LogP contribution in [0.1, 0.15) is 111 Å². The van der Waals surface area contributed by atoms with Crippen molar-refractivity contribution in [2.24, 2.45) is 11.8 Å². The van der Waals surface area contributed by atoms with Gasteiger partial charge in [0.25, 0.3) is 0 Å². The van der Waals surface area contributed by atoms with Crippen LogP contribution in [0.2, 0.25) is 5.02 Å². The molecule has 3 aromatic carbocycles. The number of rotatable bonds is 16. The van der Waals surface area contributed by atoms with Gasteiger partial charge in [0.05, 0.1) is 18.8 Å². The summed E-state index contributed by atoms with van der Waals surface area (Å²) in [6, 6.07) is 27.7. The van der Waals surface area contributed by atoms with E-state index in [-0.39, 0.29) is 17.2 Å². The molecule has 11 heteroatoms. The second-order valence-electron chi connectivity index (χ2n) is 18.5. The highest BCUT2D eigenvalue weighted by atomic mass is 35.5. The molecular formula is C53H58ClN5O5. The second-order valence-corrected chi connectivity index (χ2v) is 18.9. The predicted molar refractivity (Wildman–Crippen MR) is 250 cm³/mol. The first kappa shape index (κ1) is 44.7. The Morgan fingerprint density at radius 1 is 1.02 bits per heavy atom. The van der Waals surface area contributed by atoms with Crippen LogP contribution >= 0.6 is 11.6 Å². The van der Waals surface area contributed by atoms with Crippen molar-refractivity contribution in [3.63, 3.8) is 0 Å². The Morgan fingerprint density at radius 3 is 2.64 bits per heavy atom. The standard InChI is InChI=1S/C53H58ClN5O5/c1-35(34-64-48-17-22-57-47-13-4-8-36(2)50(47)48)24-42-27-40-15-16-45(29-46(40)52(42)18-20-53(21-19-52,51(61)62)58-44-12-6-11-43(54)28-44)63-23-7-14-49(60)59(3)33-37-9-5-10-39(25-37)41-26-38(30-55)31-56-32-41/h5-6,9-12,15-17,22,25-26,28-29,31-32,35-36,42,58H,4,7-8,13-14,18-21,23-24,27,33-34H2,1-3H3,(H,61,62)/t35-,36-,42?,52?,53?/m1/s1. The maximum absolute atomic E-state index is 13.3. The molecule has 2 heterocycles. The van der Waals surface area contributed by atoms with Gasteiger partial charge in [-0.15, -0.1) is 0 Å². The van der Waals surface area contributed by atoms with Crippen molar-refractivity contribution < 1.29 is 24.2 Å². The summed E-state index contributed by atoms with van der Waals surface area (Å²) in [4.78, 5) is 37.0. The summed E-state index contributed by atoms with van der Waals surface area (Å²) < 4.78 is 13.0. The molecule has 10 nitrogen and oxygen atoms in total. The lowest BCUT2D eigenvalue weighted by atomic mass is 9.59. The number of nitrogens with one attached hydrogen (secondary N) is 1. The van der Waals surface area contributed by atoms with Crippen LogP contribution in [0.25, 0.3) is 11.1 Å². The first-order valence-electron chi connectivity index (χ1n) is 22.8. The van der Waals surface area contributed by atoms with Crippen LogP contribution in [0.15, 0.2) is 97.5 Å². The summed E-state index contributed by atoms with van der Waals surface area (Å²) in [5, 5.41) is 24.0. The number of hydrogen-bond donors (Lipinski definition) is 2. The van der Waals surface area contributed by atoms with E-state index in [4.69, 9.17) is 21.1 Å². The Kier molecular flexibility index (Phi) is 13.6. The SMILES string of the molecule is C[C@@H](COc1ccnc2c1[C@H](C)CCC2)CC1Cc2ccc(OCCCC(=O)N(C)Cc3cccc(-c4cncc(C#N)c4)c3)cc2C12CCC(Nc1cccc(Cl)c1)(C(=O)O)CC2. The maximum atomic E-state index is 13.3. The van der Waals surface area contributed by atoms with Gasteiger partial charge >= 0.3 is 5.97 Å². The van der Waals surface area contributed by atoms with E-state index < -0.39 is 11.5 Å². The minimum atomic E-state index is -1.12. The second kappa shape index (κ2) is 19.4. The Labute approximate surface area is 382 Å². The number of halogens is 1. The first-order chi connectivity index (χ1) is 30.9. The molecule has 1 unspecified atom stereocenters. The molecule has 3 aliphatic rings. The van der Waals surface area contributed by atoms with Gasteiger partial charge in [0.1, 0.15) is 23.1 Å². The third-order valence-corrected chi connectivity index (χ3v) is 14.3. The van der Waals surface area contributed by atoms with Gasteiger partial charge in [0.2, 0.25) is 5.91 Å². The van der Waals surface area contributed by atoms with Crippen LogP contribution in [-0.2, 0) is 34.4 Å². The van der Waals surface area contributed by atoms with Gasteiger partial charge in [0, 0.05) is 66.1 Å². The highest BCUT2D eigenvalue weighted by Gasteiger charge is 2.54. The van der Waals surface area contributed by atoms with E-state index in [0.29, 0.717) is 86.4 Å². The number of nitriles is 1. The minimum absolute atomic E-state index is 0.0322. The maximum Gasteiger partial charge on any atom is 0.329 e. The number of carbonyl (C=O) groups excluding carboxylic acids is 1. The number of benzene rings is 3. The van der Waals surface area contributed by atoms with Gasteiger partial charge < -0.3 is 24.8 Å². The van der Waals surface area contributed by atoms with E-state index >= 15 is 0 Å². The van der Waals surface area contributed by atoms with Crippen molar-refractivity contribution in [3.8, 4) is 28.7 Å². The molecule has 332 valence electrons. The van der Waals surface area contributed by atoms with Crippen molar-refractivity contribution in [3.05, 3.63) is 136 Å². The molecule has 8 rings (SSSR count). The largest absolute Gasteiger partial charge is 0.494 e. The molecule has 2 N–H and O–H groups in total. The number of ether oxygens (including phenoxy) is 2. The van der Waals surface area contributed by atoms with Crippen molar-refractivity contribution >= 4 is 29.2 Å². The summed E-state index contributed by atoms with van der Waals surface area (Å²) in [6.45, 7) is 6.00. The number of aromatic nitrogens is 2. The van der Waals surface area contributed by atoms with E-state index in [0.717, 1.165) is 60.3 Å². The lowest BCUT2D eigenvalue weighted by molar-refractivity contribution is -0.144. The summed E-state index contributed by atoms with van der Waals surface area (Å²) in [7, 11) is 1.82. The molecule has 1 spiro atoms. The monoisotopic (exact) mass is 879 g/mol. The van der Waals surface area contributed by atoms with E-state index in [9.17, 15) is 20.0 Å². The Hall–Kier alpha value is -5.92. The van der Waals surface area contributed by atoms with E-state index in [2.05, 4.69) is 47.3 Å². The van der Waals surface area contributed by atoms with Crippen LogP contribution in [0, 0.1) is 23.2 Å². The molecule has 5 aromatic rings. The Bertz CT molecular complexity index is 2530. The number of carboxylic acids is 1. The lowest BCUT2D eigenvalue weighted by Gasteiger charge is -2.47. The van der Waals surface area contributed by atoms with Gasteiger partial charge in [-0.1, -0.05) is 55.8 Å². The third kappa shape index (κ3) is 9.75.